The average Bonchev–Trinajstić information content (AvgIpc) is 2.98. The van der Waals surface area contributed by atoms with E-state index in [4.69, 9.17) is 20.9 Å². The number of ether oxygens (including phenoxy) is 2. The van der Waals surface area contributed by atoms with E-state index in [9.17, 15) is 9.59 Å². The molecule has 5 rings (SSSR count). The molecule has 1 aromatic carbocycles. The molecule has 2 aliphatic heterocycles. The first-order chi connectivity index (χ1) is 18.9. The zero-order chi connectivity index (χ0) is 27.6. The number of methoxy groups -OCH3 is 1. The molecule has 2 amide bonds. The number of carbonyl (C=O) groups excluding carboxylic acids is 2. The lowest BCUT2D eigenvalue weighted by atomic mass is 10.1. The van der Waals surface area contributed by atoms with Crippen LogP contribution in [0.2, 0.25) is 0 Å². The van der Waals surface area contributed by atoms with Gasteiger partial charge in [-0.25, -0.2) is 15.0 Å². The number of nitrogens with two attached hydrogens (primary N) is 2. The lowest BCUT2D eigenvalue weighted by Crippen LogP contribution is -2.36. The molecule has 5 N–H and O–H groups in total. The summed E-state index contributed by atoms with van der Waals surface area (Å²) in [5.41, 5.74) is 11.9. The minimum atomic E-state index is -0.613. The molecule has 2 aliphatic rings. The van der Waals surface area contributed by atoms with Crippen molar-refractivity contribution < 1.29 is 19.1 Å². The fourth-order valence-electron chi connectivity index (χ4n) is 4.25. The van der Waals surface area contributed by atoms with Crippen molar-refractivity contribution in [1.29, 1.82) is 0 Å². The minimum Gasteiger partial charge on any atom is -0.497 e. The summed E-state index contributed by atoms with van der Waals surface area (Å²) < 4.78 is 10.3. The van der Waals surface area contributed by atoms with Crippen LogP contribution in [0.5, 0.6) is 5.75 Å². The minimum absolute atomic E-state index is 0.123. The lowest BCUT2D eigenvalue weighted by Gasteiger charge is -2.28. The van der Waals surface area contributed by atoms with E-state index in [1.54, 1.807) is 43.8 Å². The van der Waals surface area contributed by atoms with E-state index in [-0.39, 0.29) is 5.69 Å². The highest BCUT2D eigenvalue weighted by molar-refractivity contribution is 5.96. The van der Waals surface area contributed by atoms with E-state index in [0.717, 1.165) is 62.1 Å². The van der Waals surface area contributed by atoms with Gasteiger partial charge >= 0.3 is 0 Å². The van der Waals surface area contributed by atoms with Crippen molar-refractivity contribution in [2.24, 2.45) is 11.5 Å². The number of amides is 2. The molecule has 2 aromatic heterocycles. The van der Waals surface area contributed by atoms with E-state index in [1.165, 1.54) is 6.42 Å². The van der Waals surface area contributed by atoms with Crippen molar-refractivity contribution in [2.75, 3.05) is 61.6 Å². The molecule has 206 valence electrons. The number of nitrogens with zero attached hydrogens (tertiary/aromatic N) is 5. The van der Waals surface area contributed by atoms with Crippen molar-refractivity contribution in [3.63, 3.8) is 0 Å². The lowest BCUT2D eigenvalue weighted by molar-refractivity contribution is 0.0989. The Labute approximate surface area is 227 Å². The number of aromatic nitrogens is 3. The van der Waals surface area contributed by atoms with Gasteiger partial charge in [0.05, 0.1) is 38.4 Å². The Balaban J connectivity index is 0.000000270. The predicted molar refractivity (Wildman–Crippen MR) is 149 cm³/mol. The Morgan fingerprint density at radius 2 is 1.54 bits per heavy atom. The monoisotopic (exact) mass is 534 g/mol. The molecule has 39 heavy (non-hydrogen) atoms. The number of piperidine rings is 1. The molecule has 0 atom stereocenters. The third-order valence-electron chi connectivity index (χ3n) is 6.39. The Morgan fingerprint density at radius 3 is 2.13 bits per heavy atom. The number of nitrogens with one attached hydrogen (secondary N) is 1. The van der Waals surface area contributed by atoms with E-state index in [2.05, 4.69) is 30.1 Å². The first kappa shape index (κ1) is 27.6. The van der Waals surface area contributed by atoms with Crippen LogP contribution in [-0.2, 0) is 4.74 Å². The number of benzene rings is 1. The van der Waals surface area contributed by atoms with Crippen LogP contribution in [0.25, 0.3) is 0 Å². The number of carbonyl (C=O) groups is 2. The summed E-state index contributed by atoms with van der Waals surface area (Å²) in [5, 5.41) is 3.16. The summed E-state index contributed by atoms with van der Waals surface area (Å²) in [5.74, 6) is 1.69. The van der Waals surface area contributed by atoms with Gasteiger partial charge in [0, 0.05) is 31.7 Å². The predicted octanol–water partition coefficient (Wildman–Crippen LogP) is 2.34. The Kier molecular flexibility index (Phi) is 9.46. The van der Waals surface area contributed by atoms with Gasteiger partial charge in [-0.1, -0.05) is 0 Å². The van der Waals surface area contributed by atoms with Gasteiger partial charge in [0.2, 0.25) is 5.91 Å². The van der Waals surface area contributed by atoms with Crippen molar-refractivity contribution in [1.82, 2.24) is 15.0 Å². The normalized spacial score (nSPS) is 15.1. The number of anilines is 4. The van der Waals surface area contributed by atoms with E-state index >= 15 is 0 Å². The molecule has 0 aliphatic carbocycles. The van der Waals surface area contributed by atoms with Crippen LogP contribution in [0.1, 0.15) is 40.1 Å². The van der Waals surface area contributed by atoms with Crippen molar-refractivity contribution in [2.45, 2.75) is 19.3 Å². The second kappa shape index (κ2) is 13.4. The van der Waals surface area contributed by atoms with Crippen molar-refractivity contribution >= 4 is 35.0 Å². The van der Waals surface area contributed by atoms with Crippen LogP contribution in [0, 0.1) is 0 Å². The zero-order valence-electron chi connectivity index (χ0n) is 22.0. The second-order valence-electron chi connectivity index (χ2n) is 9.06. The fourth-order valence-corrected chi connectivity index (χ4v) is 4.25. The standard InChI is InChI=1S/C19H25N7O2.C8H9NO2/c20-18(27)17-19(24-16(13-22-17)25-6-2-1-3-7-25)23-14-4-5-15(21-12-14)26-8-10-28-11-9-26;1-11-7-4-2-6(3-5-7)8(9)10/h4-5,12-13H,1-3,6-11H2,(H2,20,27)(H,23,24);2-5H,1H3,(H2,9,10). The molecular formula is C27H34N8O4. The zero-order valence-corrected chi connectivity index (χ0v) is 22.0. The van der Waals surface area contributed by atoms with Crippen LogP contribution in [-0.4, -0.2) is 73.3 Å². The van der Waals surface area contributed by atoms with Gasteiger partial charge < -0.3 is 36.1 Å². The summed E-state index contributed by atoms with van der Waals surface area (Å²) >= 11 is 0. The summed E-state index contributed by atoms with van der Waals surface area (Å²) in [4.78, 5) is 40.1. The van der Waals surface area contributed by atoms with E-state index < -0.39 is 11.8 Å². The quantitative estimate of drug-likeness (QED) is 0.410. The molecule has 4 heterocycles. The van der Waals surface area contributed by atoms with Gasteiger partial charge in [-0.15, -0.1) is 0 Å². The average molecular weight is 535 g/mol. The van der Waals surface area contributed by atoms with E-state index in [0.29, 0.717) is 24.6 Å². The maximum Gasteiger partial charge on any atom is 0.271 e. The number of hydrogen-bond donors (Lipinski definition) is 3. The third-order valence-corrected chi connectivity index (χ3v) is 6.39. The van der Waals surface area contributed by atoms with E-state index in [1.807, 2.05) is 12.1 Å². The fraction of sp³-hybridized carbons (Fsp3) is 0.370. The SMILES string of the molecule is COc1ccc(C(N)=O)cc1.NC(=O)c1ncc(N2CCCCC2)nc1Nc1ccc(N2CCOCC2)nc1. The molecule has 0 radical (unpaired) electrons. The summed E-state index contributed by atoms with van der Waals surface area (Å²) in [7, 11) is 1.57. The Hall–Kier alpha value is -4.45. The number of pyridine rings is 1. The summed E-state index contributed by atoms with van der Waals surface area (Å²) in [6.07, 6.45) is 6.85. The second-order valence-corrected chi connectivity index (χ2v) is 9.06. The molecule has 2 saturated heterocycles. The number of morpholine rings is 1. The summed E-state index contributed by atoms with van der Waals surface area (Å²) in [6, 6.07) is 10.5. The van der Waals surface area contributed by atoms with Gasteiger partial charge in [0.25, 0.3) is 5.91 Å². The maximum absolute atomic E-state index is 11.8. The molecule has 12 heteroatoms. The van der Waals surface area contributed by atoms with Gasteiger partial charge in [0.1, 0.15) is 17.4 Å². The molecule has 3 aromatic rings. The largest absolute Gasteiger partial charge is 0.497 e. The smallest absolute Gasteiger partial charge is 0.271 e. The Bertz CT molecular complexity index is 1240. The van der Waals surface area contributed by atoms with Crippen molar-refractivity contribution in [3.8, 4) is 5.75 Å². The van der Waals surface area contributed by atoms with Crippen LogP contribution < -0.4 is 31.3 Å². The van der Waals surface area contributed by atoms with Crippen LogP contribution in [0.15, 0.2) is 48.8 Å². The first-order valence-electron chi connectivity index (χ1n) is 12.9. The Morgan fingerprint density at radius 1 is 0.846 bits per heavy atom. The van der Waals surface area contributed by atoms with Crippen LogP contribution >= 0.6 is 0 Å². The molecule has 0 spiro atoms. The summed E-state index contributed by atoms with van der Waals surface area (Å²) in [6.45, 7) is 4.97. The van der Waals surface area contributed by atoms with Gasteiger partial charge in [-0.3, -0.25) is 9.59 Å². The molecule has 2 fully saturated rings. The molecule has 12 nitrogen and oxygen atoms in total. The highest BCUT2D eigenvalue weighted by Crippen LogP contribution is 2.24. The highest BCUT2D eigenvalue weighted by atomic mass is 16.5. The van der Waals surface area contributed by atoms with Crippen LogP contribution in [0.4, 0.5) is 23.1 Å². The van der Waals surface area contributed by atoms with Gasteiger partial charge in [0.15, 0.2) is 11.5 Å². The van der Waals surface area contributed by atoms with Gasteiger partial charge in [-0.05, 0) is 55.7 Å². The molecule has 0 unspecified atom stereocenters. The highest BCUT2D eigenvalue weighted by Gasteiger charge is 2.18. The molecular weight excluding hydrogens is 500 g/mol. The van der Waals surface area contributed by atoms with Gasteiger partial charge in [-0.2, -0.15) is 0 Å². The maximum atomic E-state index is 11.8. The number of primary amides is 2. The molecule has 0 saturated carbocycles. The van der Waals surface area contributed by atoms with Crippen LogP contribution in [0.3, 0.4) is 0 Å². The first-order valence-corrected chi connectivity index (χ1v) is 12.9. The number of rotatable bonds is 7. The van der Waals surface area contributed by atoms with Crippen molar-refractivity contribution in [3.05, 3.63) is 60.0 Å². The third kappa shape index (κ3) is 7.54. The topological polar surface area (TPSA) is 162 Å². The molecule has 0 bridgehead atoms. The number of hydrogen-bond acceptors (Lipinski definition) is 10.